The number of hydrogen-bond acceptors (Lipinski definition) is 6. The number of hydrogen-bond donors (Lipinski definition) is 3. The molecule has 3 aromatic heterocycles. The summed E-state index contributed by atoms with van der Waals surface area (Å²) in [6.45, 7) is 3.49. The zero-order valence-corrected chi connectivity index (χ0v) is 16.1. The van der Waals surface area contributed by atoms with Gasteiger partial charge < -0.3 is 5.32 Å². The van der Waals surface area contributed by atoms with Crippen molar-refractivity contribution in [3.63, 3.8) is 0 Å². The van der Waals surface area contributed by atoms with E-state index < -0.39 is 0 Å². The topological polar surface area (TPSA) is 99.8 Å². The van der Waals surface area contributed by atoms with Crippen molar-refractivity contribution in [1.82, 2.24) is 15.2 Å². The molecule has 27 heavy (non-hydrogen) atoms. The van der Waals surface area contributed by atoms with Crippen LogP contribution in [0.2, 0.25) is 0 Å². The third-order valence-electron chi connectivity index (χ3n) is 3.75. The monoisotopic (exact) mass is 397 g/mol. The smallest absolute Gasteiger partial charge is 0.277 e. The van der Waals surface area contributed by atoms with Crippen LogP contribution in [0, 0.1) is 6.92 Å². The molecule has 3 heterocycles. The lowest BCUT2D eigenvalue weighted by Gasteiger charge is -1.99. The Morgan fingerprint density at radius 3 is 2.67 bits per heavy atom. The van der Waals surface area contributed by atoms with Crippen molar-refractivity contribution in [2.24, 2.45) is 0 Å². The standard InChI is InChI=1S/C18H15N5O2S2/c1-9-3-6-15(26-9)13-8-14(23-22-13)17(25)21-18-20-12-5-4-11(19-10(2)24)7-16(12)27-18/h3-8H,1-2H3,(H,19,24)(H,22,23)(H,20,21,25). The van der Waals surface area contributed by atoms with Crippen molar-refractivity contribution >= 4 is 55.5 Å². The van der Waals surface area contributed by atoms with E-state index in [1.807, 2.05) is 25.1 Å². The van der Waals surface area contributed by atoms with E-state index in [4.69, 9.17) is 0 Å². The number of carbonyl (C=O) groups is 2. The van der Waals surface area contributed by atoms with E-state index in [0.717, 1.165) is 20.8 Å². The number of nitrogens with zero attached hydrogens (tertiary/aromatic N) is 2. The SMILES string of the molecule is CC(=O)Nc1ccc2nc(NC(=O)c3cc(-c4ccc(C)s4)[nH]n3)sc2c1. The Morgan fingerprint density at radius 1 is 1.07 bits per heavy atom. The molecule has 1 aromatic carbocycles. The number of thiazole rings is 1. The average molecular weight is 397 g/mol. The number of aryl methyl sites for hydroxylation is 1. The summed E-state index contributed by atoms with van der Waals surface area (Å²) < 4.78 is 0.869. The summed E-state index contributed by atoms with van der Waals surface area (Å²) in [5, 5.41) is 13.0. The molecule has 0 atom stereocenters. The molecule has 9 heteroatoms. The lowest BCUT2D eigenvalue weighted by molar-refractivity contribution is -0.114. The van der Waals surface area contributed by atoms with Gasteiger partial charge >= 0.3 is 0 Å². The second-order valence-corrected chi connectivity index (χ2v) is 8.23. The van der Waals surface area contributed by atoms with E-state index in [2.05, 4.69) is 25.8 Å². The average Bonchev–Trinajstić information content (AvgIpc) is 3.32. The summed E-state index contributed by atoms with van der Waals surface area (Å²) in [5.74, 6) is -0.463. The second-order valence-electron chi connectivity index (χ2n) is 5.91. The molecule has 136 valence electrons. The molecule has 3 N–H and O–H groups in total. The Labute approximate surface area is 162 Å². The minimum absolute atomic E-state index is 0.136. The van der Waals surface area contributed by atoms with Gasteiger partial charge in [-0.15, -0.1) is 11.3 Å². The molecule has 0 radical (unpaired) electrons. The number of anilines is 2. The van der Waals surface area contributed by atoms with Gasteiger partial charge in [0.1, 0.15) is 0 Å². The van der Waals surface area contributed by atoms with Gasteiger partial charge in [0.25, 0.3) is 5.91 Å². The molecule has 0 spiro atoms. The van der Waals surface area contributed by atoms with Gasteiger partial charge in [0.05, 0.1) is 20.8 Å². The second kappa shape index (κ2) is 6.93. The lowest BCUT2D eigenvalue weighted by atomic mass is 10.3. The van der Waals surface area contributed by atoms with Gasteiger partial charge in [-0.25, -0.2) is 4.98 Å². The first-order valence-electron chi connectivity index (χ1n) is 8.10. The number of aromatic amines is 1. The Morgan fingerprint density at radius 2 is 1.93 bits per heavy atom. The van der Waals surface area contributed by atoms with Crippen LogP contribution in [0.4, 0.5) is 10.8 Å². The molecule has 4 rings (SSSR count). The van der Waals surface area contributed by atoms with Gasteiger partial charge in [0, 0.05) is 17.5 Å². The van der Waals surface area contributed by atoms with Crippen molar-refractivity contribution in [1.29, 1.82) is 0 Å². The maximum Gasteiger partial charge on any atom is 0.277 e. The van der Waals surface area contributed by atoms with Crippen molar-refractivity contribution in [3.8, 4) is 10.6 Å². The summed E-state index contributed by atoms with van der Waals surface area (Å²) in [6, 6.07) is 11.2. The maximum atomic E-state index is 12.5. The molecule has 7 nitrogen and oxygen atoms in total. The van der Waals surface area contributed by atoms with Crippen LogP contribution in [-0.4, -0.2) is 27.0 Å². The molecule has 4 aromatic rings. The summed E-state index contributed by atoms with van der Waals surface area (Å²) in [7, 11) is 0. The first kappa shape index (κ1) is 17.4. The van der Waals surface area contributed by atoms with Crippen LogP contribution < -0.4 is 10.6 Å². The molecule has 0 unspecified atom stereocenters. The first-order chi connectivity index (χ1) is 13.0. The highest BCUT2D eigenvalue weighted by Crippen LogP contribution is 2.29. The van der Waals surface area contributed by atoms with E-state index in [0.29, 0.717) is 16.5 Å². The molecular formula is C18H15N5O2S2. The highest BCUT2D eigenvalue weighted by molar-refractivity contribution is 7.22. The number of amides is 2. The maximum absolute atomic E-state index is 12.5. The van der Waals surface area contributed by atoms with Gasteiger partial charge in [-0.2, -0.15) is 5.10 Å². The lowest BCUT2D eigenvalue weighted by Crippen LogP contribution is -2.11. The van der Waals surface area contributed by atoms with E-state index in [1.54, 1.807) is 29.5 Å². The fourth-order valence-corrected chi connectivity index (χ4v) is 4.30. The van der Waals surface area contributed by atoms with Crippen molar-refractivity contribution < 1.29 is 9.59 Å². The van der Waals surface area contributed by atoms with Gasteiger partial charge in [0.15, 0.2) is 10.8 Å². The molecule has 0 aliphatic carbocycles. The molecule has 0 saturated heterocycles. The van der Waals surface area contributed by atoms with Gasteiger partial charge in [-0.05, 0) is 43.3 Å². The van der Waals surface area contributed by atoms with Crippen LogP contribution in [0.25, 0.3) is 20.8 Å². The van der Waals surface area contributed by atoms with Crippen LogP contribution in [-0.2, 0) is 4.79 Å². The molecule has 0 fully saturated rings. The van der Waals surface area contributed by atoms with Gasteiger partial charge in [-0.1, -0.05) is 11.3 Å². The zero-order valence-electron chi connectivity index (χ0n) is 14.5. The van der Waals surface area contributed by atoms with E-state index in [9.17, 15) is 9.59 Å². The number of carbonyl (C=O) groups excluding carboxylic acids is 2. The predicted octanol–water partition coefficient (Wildman–Crippen LogP) is 4.27. The third-order valence-corrected chi connectivity index (χ3v) is 5.71. The molecule has 2 amide bonds. The number of thiophene rings is 1. The fraction of sp³-hybridized carbons (Fsp3) is 0.111. The minimum Gasteiger partial charge on any atom is -0.326 e. The number of rotatable bonds is 4. The summed E-state index contributed by atoms with van der Waals surface area (Å²) in [6.07, 6.45) is 0. The van der Waals surface area contributed by atoms with Crippen LogP contribution in [0.1, 0.15) is 22.3 Å². The van der Waals surface area contributed by atoms with Crippen molar-refractivity contribution in [2.45, 2.75) is 13.8 Å². The van der Waals surface area contributed by atoms with Crippen LogP contribution in [0.5, 0.6) is 0 Å². The fourth-order valence-electron chi connectivity index (χ4n) is 2.56. The quantitative estimate of drug-likeness (QED) is 0.479. The van der Waals surface area contributed by atoms with Crippen molar-refractivity contribution in [3.05, 3.63) is 47.0 Å². The molecule has 0 saturated carbocycles. The normalized spacial score (nSPS) is 10.9. The number of aromatic nitrogens is 3. The van der Waals surface area contributed by atoms with Gasteiger partial charge in [0.2, 0.25) is 5.91 Å². The molecule has 0 aliphatic heterocycles. The highest BCUT2D eigenvalue weighted by Gasteiger charge is 2.15. The Bertz CT molecular complexity index is 1160. The van der Waals surface area contributed by atoms with E-state index >= 15 is 0 Å². The number of H-pyrrole nitrogens is 1. The van der Waals surface area contributed by atoms with E-state index in [-0.39, 0.29) is 11.8 Å². The van der Waals surface area contributed by atoms with Crippen LogP contribution in [0.15, 0.2) is 36.4 Å². The highest BCUT2D eigenvalue weighted by atomic mass is 32.1. The number of fused-ring (bicyclic) bond motifs is 1. The minimum atomic E-state index is -0.327. The summed E-state index contributed by atoms with van der Waals surface area (Å²) >= 11 is 2.97. The van der Waals surface area contributed by atoms with Crippen molar-refractivity contribution in [2.75, 3.05) is 10.6 Å². The predicted molar refractivity (Wildman–Crippen MR) is 109 cm³/mol. The Balaban J connectivity index is 1.52. The Hall–Kier alpha value is -3.04. The Kier molecular flexibility index (Phi) is 4.46. The van der Waals surface area contributed by atoms with Crippen LogP contribution >= 0.6 is 22.7 Å². The largest absolute Gasteiger partial charge is 0.326 e. The number of benzene rings is 1. The molecular weight excluding hydrogens is 382 g/mol. The number of nitrogens with one attached hydrogen (secondary N) is 3. The first-order valence-corrected chi connectivity index (χ1v) is 9.73. The van der Waals surface area contributed by atoms with E-state index in [1.165, 1.54) is 23.1 Å². The summed E-state index contributed by atoms with van der Waals surface area (Å²) in [4.78, 5) is 30.3. The van der Waals surface area contributed by atoms with Gasteiger partial charge in [-0.3, -0.25) is 20.0 Å². The molecule has 0 bridgehead atoms. The zero-order chi connectivity index (χ0) is 19.0. The summed E-state index contributed by atoms with van der Waals surface area (Å²) in [5.41, 5.74) is 2.55. The van der Waals surface area contributed by atoms with Crippen LogP contribution in [0.3, 0.4) is 0 Å². The third kappa shape index (κ3) is 3.74. The molecule has 0 aliphatic rings.